The van der Waals surface area contributed by atoms with E-state index in [4.69, 9.17) is 0 Å². The minimum atomic E-state index is -4.11. The first-order valence-electron chi connectivity index (χ1n) is 3.78. The van der Waals surface area contributed by atoms with Gasteiger partial charge in [0.25, 0.3) is 5.91 Å². The normalized spacial score (nSPS) is 16.1. The van der Waals surface area contributed by atoms with E-state index in [2.05, 4.69) is 4.99 Å². The molecule has 0 bridgehead atoms. The predicted molar refractivity (Wildman–Crippen MR) is 56.5 cm³/mol. The Morgan fingerprint density at radius 3 is 2.67 bits per heavy atom. The molecule has 1 rings (SSSR count). The first kappa shape index (κ1) is 16.6. The Balaban J connectivity index is 0.00000196. The molecule has 0 radical (unpaired) electrons. The zero-order chi connectivity index (χ0) is 10.6. The molecule has 0 saturated heterocycles. The predicted octanol–water partition coefficient (Wildman–Crippen LogP) is -2.71. The van der Waals surface area contributed by atoms with Gasteiger partial charge >= 0.3 is 51.4 Å². The number of carbonyl (C=O) groups excluding carboxylic acids is 1. The van der Waals surface area contributed by atoms with Crippen molar-refractivity contribution in [1.29, 1.82) is 0 Å². The van der Waals surface area contributed by atoms with Gasteiger partial charge < -0.3 is 4.55 Å². The van der Waals surface area contributed by atoms with Crippen LogP contribution in [-0.2, 0) is 14.9 Å². The molecule has 0 spiro atoms. The van der Waals surface area contributed by atoms with Crippen LogP contribution in [0.15, 0.2) is 4.99 Å². The van der Waals surface area contributed by atoms with Gasteiger partial charge in [-0.25, -0.2) is 8.42 Å². The summed E-state index contributed by atoms with van der Waals surface area (Å²) < 4.78 is 31.3. The fourth-order valence-corrected chi connectivity index (χ4v) is 3.31. The number of rotatable bonds is 4. The van der Waals surface area contributed by atoms with Crippen LogP contribution in [0.3, 0.4) is 0 Å². The van der Waals surface area contributed by atoms with E-state index in [1.54, 1.807) is 0 Å². The molecule has 1 amide bonds. The summed E-state index contributed by atoms with van der Waals surface area (Å²) in [7, 11) is -4.11. The van der Waals surface area contributed by atoms with Crippen LogP contribution in [0.2, 0.25) is 0 Å². The van der Waals surface area contributed by atoms with Crippen LogP contribution < -0.4 is 51.4 Å². The van der Waals surface area contributed by atoms with Gasteiger partial charge in [-0.15, -0.1) is 0 Å². The van der Waals surface area contributed by atoms with Crippen molar-refractivity contribution in [2.45, 2.75) is 6.42 Å². The monoisotopic (exact) mass is 293 g/mol. The minimum Gasteiger partial charge on any atom is -0.748 e. The second-order valence-electron chi connectivity index (χ2n) is 2.52. The van der Waals surface area contributed by atoms with Crippen molar-refractivity contribution in [3.63, 3.8) is 0 Å². The third-order valence-corrected chi connectivity index (χ3v) is 4.36. The molecular formula is C6H8KNO4S3. The molecule has 0 unspecified atom stereocenters. The van der Waals surface area contributed by atoms with E-state index in [9.17, 15) is 17.8 Å². The number of nitrogens with zero attached hydrogens (tertiary/aromatic N) is 1. The van der Waals surface area contributed by atoms with E-state index in [1.807, 2.05) is 0 Å². The third-order valence-electron chi connectivity index (χ3n) is 1.30. The molecular weight excluding hydrogens is 285 g/mol. The molecule has 80 valence electrons. The molecule has 0 aromatic carbocycles. The molecule has 0 fully saturated rings. The smallest absolute Gasteiger partial charge is 0.748 e. The average Bonchev–Trinajstić information content (AvgIpc) is 2.44. The van der Waals surface area contributed by atoms with Gasteiger partial charge in [0.05, 0.1) is 15.9 Å². The summed E-state index contributed by atoms with van der Waals surface area (Å²) in [5.41, 5.74) is 0. The van der Waals surface area contributed by atoms with E-state index >= 15 is 0 Å². The molecule has 0 saturated carbocycles. The summed E-state index contributed by atoms with van der Waals surface area (Å²) >= 11 is 2.66. The molecule has 0 aromatic rings. The van der Waals surface area contributed by atoms with E-state index in [-0.39, 0.29) is 63.0 Å². The van der Waals surface area contributed by atoms with Crippen molar-refractivity contribution in [2.24, 2.45) is 4.99 Å². The van der Waals surface area contributed by atoms with E-state index in [0.29, 0.717) is 22.3 Å². The van der Waals surface area contributed by atoms with Gasteiger partial charge in [-0.2, -0.15) is 4.99 Å². The number of thioether (sulfide) groups is 2. The summed E-state index contributed by atoms with van der Waals surface area (Å²) in [4.78, 5) is 14.4. The number of aliphatic imine (C=N–C) groups is 1. The third kappa shape index (κ3) is 8.33. The van der Waals surface area contributed by atoms with Crippen LogP contribution in [0.5, 0.6) is 0 Å². The Hall–Kier alpha value is 1.59. The molecule has 15 heavy (non-hydrogen) atoms. The van der Waals surface area contributed by atoms with Crippen LogP contribution >= 0.6 is 23.5 Å². The van der Waals surface area contributed by atoms with Gasteiger partial charge in [-0.3, -0.25) is 4.79 Å². The molecule has 5 nitrogen and oxygen atoms in total. The van der Waals surface area contributed by atoms with Gasteiger partial charge in [0.1, 0.15) is 4.38 Å². The molecule has 1 heterocycles. The van der Waals surface area contributed by atoms with Crippen LogP contribution in [0.1, 0.15) is 6.42 Å². The Morgan fingerprint density at radius 1 is 1.53 bits per heavy atom. The van der Waals surface area contributed by atoms with Crippen LogP contribution in [-0.4, -0.2) is 40.5 Å². The Bertz CT molecular complexity index is 353. The van der Waals surface area contributed by atoms with Crippen molar-refractivity contribution in [3.05, 3.63) is 0 Å². The van der Waals surface area contributed by atoms with Gasteiger partial charge in [0.15, 0.2) is 0 Å². The van der Waals surface area contributed by atoms with Crippen LogP contribution in [0.25, 0.3) is 0 Å². The maximum absolute atomic E-state index is 10.7. The molecule has 0 N–H and O–H groups in total. The number of hydrogen-bond acceptors (Lipinski definition) is 6. The van der Waals surface area contributed by atoms with Gasteiger partial charge in [-0.1, -0.05) is 23.5 Å². The summed E-state index contributed by atoms with van der Waals surface area (Å²) in [6.07, 6.45) is 0.296. The molecule has 0 aliphatic carbocycles. The molecule has 1 aliphatic heterocycles. The number of carbonyl (C=O) groups is 1. The first-order chi connectivity index (χ1) is 6.47. The standard InChI is InChI=1S/C6H9NO4S3.K/c8-5-4-13-6(7-5)12-2-1-3-14(9,10)11;/h1-4H2,(H,9,10,11);/q;+1/p-1. The summed E-state index contributed by atoms with van der Waals surface area (Å²) in [5, 5.41) is 0. The fourth-order valence-electron chi connectivity index (χ4n) is 0.759. The Morgan fingerprint density at radius 2 is 2.20 bits per heavy atom. The van der Waals surface area contributed by atoms with E-state index in [1.165, 1.54) is 23.5 Å². The maximum atomic E-state index is 10.7. The Kier molecular flexibility index (Phi) is 8.65. The Labute approximate surface area is 139 Å². The first-order valence-corrected chi connectivity index (χ1v) is 7.33. The zero-order valence-electron chi connectivity index (χ0n) is 8.13. The fraction of sp³-hybridized carbons (Fsp3) is 0.667. The van der Waals surface area contributed by atoms with Crippen molar-refractivity contribution in [1.82, 2.24) is 0 Å². The van der Waals surface area contributed by atoms with E-state index < -0.39 is 10.1 Å². The quantitative estimate of drug-likeness (QED) is 0.318. The van der Waals surface area contributed by atoms with Crippen molar-refractivity contribution in [3.8, 4) is 0 Å². The topological polar surface area (TPSA) is 86.6 Å². The van der Waals surface area contributed by atoms with E-state index in [0.717, 1.165) is 0 Å². The van der Waals surface area contributed by atoms with Crippen LogP contribution in [0.4, 0.5) is 0 Å². The summed E-state index contributed by atoms with van der Waals surface area (Å²) in [6.45, 7) is 0. The van der Waals surface area contributed by atoms with Crippen molar-refractivity contribution < 1.29 is 69.1 Å². The second kappa shape index (κ2) is 7.82. The van der Waals surface area contributed by atoms with Crippen molar-refractivity contribution in [2.75, 3.05) is 17.3 Å². The van der Waals surface area contributed by atoms with Crippen LogP contribution in [0, 0.1) is 0 Å². The summed E-state index contributed by atoms with van der Waals surface area (Å²) in [6, 6.07) is 0. The largest absolute Gasteiger partial charge is 1.00 e. The number of hydrogen-bond donors (Lipinski definition) is 0. The molecule has 0 atom stereocenters. The minimum absolute atomic E-state index is 0. The summed E-state index contributed by atoms with van der Waals surface area (Å²) in [5.74, 6) is 0.350. The molecule has 1 aliphatic rings. The van der Waals surface area contributed by atoms with Crippen molar-refractivity contribution >= 4 is 43.9 Å². The SMILES string of the molecule is O=C1CSC(SCCCS(=O)(=O)[O-])=N1.[K+]. The number of amides is 1. The average molecular weight is 293 g/mol. The van der Waals surface area contributed by atoms with Gasteiger partial charge in [0.2, 0.25) is 0 Å². The second-order valence-corrected chi connectivity index (χ2v) is 6.35. The molecule has 9 heteroatoms. The van der Waals surface area contributed by atoms with Gasteiger partial charge in [0, 0.05) is 11.5 Å². The maximum Gasteiger partial charge on any atom is 1.00 e. The zero-order valence-corrected chi connectivity index (χ0v) is 13.7. The molecule has 0 aromatic heterocycles. The van der Waals surface area contributed by atoms with Gasteiger partial charge in [-0.05, 0) is 6.42 Å².